The highest BCUT2D eigenvalue weighted by atomic mass is 19.1. The number of hydrogen-bond acceptors (Lipinski definition) is 6. The predicted octanol–water partition coefficient (Wildman–Crippen LogP) is 2.52. The van der Waals surface area contributed by atoms with Crippen LogP contribution in [0.2, 0.25) is 0 Å². The normalized spacial score (nSPS) is 10.2. The Bertz CT molecular complexity index is 829. The highest BCUT2D eigenvalue weighted by Crippen LogP contribution is 2.27. The number of methoxy groups -OCH3 is 2. The molecule has 0 heterocycles. The fourth-order valence-electron chi connectivity index (χ4n) is 2.39. The third-order valence-corrected chi connectivity index (χ3v) is 3.78. The zero-order valence-corrected chi connectivity index (χ0v) is 15.0. The molecule has 2 aromatic rings. The van der Waals surface area contributed by atoms with Crippen molar-refractivity contribution in [1.29, 1.82) is 0 Å². The molecule has 0 aliphatic heterocycles. The lowest BCUT2D eigenvalue weighted by molar-refractivity contribution is -0.387. The zero-order chi connectivity index (χ0) is 19.8. The molecule has 2 rings (SSSR count). The Balaban J connectivity index is 1.82. The number of anilines is 1. The molecule has 27 heavy (non-hydrogen) atoms. The number of nitro benzene ring substituents is 1. The third kappa shape index (κ3) is 5.56. The zero-order valence-electron chi connectivity index (χ0n) is 15.0. The van der Waals surface area contributed by atoms with E-state index in [0.717, 1.165) is 17.7 Å². The molecular weight excluding hydrogens is 357 g/mol. The Morgan fingerprint density at radius 2 is 1.89 bits per heavy atom. The van der Waals surface area contributed by atoms with Crippen LogP contribution < -0.4 is 20.1 Å². The minimum absolute atomic E-state index is 0.0886. The standard InChI is InChI=1S/C18H20FN3O5/c1-26-16-6-3-12(9-17(16)27-2)7-8-20-18(23)11-21-13-4-5-14(19)15(10-13)22(24)25/h3-6,9-10,21H,7-8,11H2,1-2H3,(H,20,23). The number of nitrogens with zero attached hydrogens (tertiary/aromatic N) is 1. The van der Waals surface area contributed by atoms with Crippen LogP contribution in [0.4, 0.5) is 15.8 Å². The quantitative estimate of drug-likeness (QED) is 0.514. The van der Waals surface area contributed by atoms with E-state index >= 15 is 0 Å². The number of rotatable bonds is 9. The number of hydrogen-bond donors (Lipinski definition) is 2. The van der Waals surface area contributed by atoms with Crippen LogP contribution >= 0.6 is 0 Å². The Morgan fingerprint density at radius 1 is 1.15 bits per heavy atom. The number of nitro groups is 1. The molecule has 0 unspecified atom stereocenters. The summed E-state index contributed by atoms with van der Waals surface area (Å²) in [7, 11) is 3.11. The van der Waals surface area contributed by atoms with Crippen molar-refractivity contribution < 1.29 is 23.6 Å². The molecule has 0 aromatic heterocycles. The average molecular weight is 377 g/mol. The maximum atomic E-state index is 13.3. The highest BCUT2D eigenvalue weighted by Gasteiger charge is 2.14. The van der Waals surface area contributed by atoms with Gasteiger partial charge in [0.1, 0.15) is 0 Å². The van der Waals surface area contributed by atoms with E-state index in [2.05, 4.69) is 10.6 Å². The molecule has 0 saturated heterocycles. The first-order valence-electron chi connectivity index (χ1n) is 8.10. The van der Waals surface area contributed by atoms with Crippen LogP contribution in [0.1, 0.15) is 5.56 Å². The number of benzene rings is 2. The van der Waals surface area contributed by atoms with Crippen molar-refractivity contribution in [3.05, 3.63) is 57.9 Å². The first-order valence-corrected chi connectivity index (χ1v) is 8.10. The van der Waals surface area contributed by atoms with Gasteiger partial charge in [0.15, 0.2) is 11.5 Å². The highest BCUT2D eigenvalue weighted by molar-refractivity contribution is 5.80. The maximum Gasteiger partial charge on any atom is 0.306 e. The molecule has 144 valence electrons. The van der Waals surface area contributed by atoms with Gasteiger partial charge in [-0.25, -0.2) is 0 Å². The van der Waals surface area contributed by atoms with E-state index in [4.69, 9.17) is 9.47 Å². The average Bonchev–Trinajstić information content (AvgIpc) is 2.66. The van der Waals surface area contributed by atoms with Gasteiger partial charge in [-0.3, -0.25) is 14.9 Å². The van der Waals surface area contributed by atoms with Gasteiger partial charge in [-0.1, -0.05) is 6.07 Å². The predicted molar refractivity (Wildman–Crippen MR) is 97.8 cm³/mol. The number of carbonyl (C=O) groups is 1. The summed E-state index contributed by atoms with van der Waals surface area (Å²) in [5.74, 6) is 0.0242. The number of nitrogens with one attached hydrogen (secondary N) is 2. The summed E-state index contributed by atoms with van der Waals surface area (Å²) in [6.07, 6.45) is 0.591. The van der Waals surface area contributed by atoms with Crippen molar-refractivity contribution in [2.75, 3.05) is 32.6 Å². The number of amides is 1. The molecule has 0 radical (unpaired) electrons. The number of carbonyl (C=O) groups excluding carboxylic acids is 1. The molecule has 0 aliphatic carbocycles. The first kappa shape index (κ1) is 20.0. The minimum atomic E-state index is -0.926. The summed E-state index contributed by atoms with van der Waals surface area (Å²) in [4.78, 5) is 21.8. The van der Waals surface area contributed by atoms with E-state index < -0.39 is 16.4 Å². The molecule has 9 heteroatoms. The second-order valence-electron chi connectivity index (χ2n) is 5.57. The van der Waals surface area contributed by atoms with Gasteiger partial charge in [-0.15, -0.1) is 0 Å². The van der Waals surface area contributed by atoms with Gasteiger partial charge in [0, 0.05) is 18.3 Å². The van der Waals surface area contributed by atoms with Crippen LogP contribution in [-0.4, -0.2) is 38.1 Å². The molecule has 0 saturated carbocycles. The van der Waals surface area contributed by atoms with E-state index in [1.165, 1.54) is 6.07 Å². The van der Waals surface area contributed by atoms with Crippen LogP contribution in [0.3, 0.4) is 0 Å². The van der Waals surface area contributed by atoms with Crippen LogP contribution in [0.25, 0.3) is 0 Å². The van der Waals surface area contributed by atoms with Crippen molar-refractivity contribution in [3.8, 4) is 11.5 Å². The molecule has 1 amide bonds. The lowest BCUT2D eigenvalue weighted by Crippen LogP contribution is -2.31. The van der Waals surface area contributed by atoms with Crippen LogP contribution in [-0.2, 0) is 11.2 Å². The van der Waals surface area contributed by atoms with Crippen molar-refractivity contribution in [1.82, 2.24) is 5.32 Å². The van der Waals surface area contributed by atoms with Crippen LogP contribution in [0.5, 0.6) is 11.5 Å². The molecule has 8 nitrogen and oxygen atoms in total. The topological polar surface area (TPSA) is 103 Å². The summed E-state index contributed by atoms with van der Waals surface area (Å²) in [6, 6.07) is 8.87. The summed E-state index contributed by atoms with van der Waals surface area (Å²) in [5, 5.41) is 16.2. The van der Waals surface area contributed by atoms with Gasteiger partial charge >= 0.3 is 5.69 Å². The SMILES string of the molecule is COc1ccc(CCNC(=O)CNc2ccc(F)c([N+](=O)[O-])c2)cc1OC. The summed E-state index contributed by atoms with van der Waals surface area (Å²) < 4.78 is 23.7. The Labute approximate surface area is 155 Å². The lowest BCUT2D eigenvalue weighted by Gasteiger charge is -2.10. The van der Waals surface area contributed by atoms with E-state index in [0.29, 0.717) is 24.5 Å². The smallest absolute Gasteiger partial charge is 0.306 e. The molecule has 0 atom stereocenters. The fraction of sp³-hybridized carbons (Fsp3) is 0.278. The van der Waals surface area contributed by atoms with E-state index in [9.17, 15) is 19.3 Å². The molecule has 0 fully saturated rings. The minimum Gasteiger partial charge on any atom is -0.493 e. The van der Waals surface area contributed by atoms with E-state index in [1.54, 1.807) is 20.3 Å². The molecule has 0 bridgehead atoms. The largest absolute Gasteiger partial charge is 0.493 e. The van der Waals surface area contributed by atoms with Gasteiger partial charge in [-0.2, -0.15) is 4.39 Å². The van der Waals surface area contributed by atoms with Crippen LogP contribution in [0, 0.1) is 15.9 Å². The second-order valence-corrected chi connectivity index (χ2v) is 5.57. The second kappa shape index (κ2) is 9.37. The summed E-state index contributed by atoms with van der Waals surface area (Å²) in [5.41, 5.74) is 0.613. The van der Waals surface area contributed by atoms with Crippen molar-refractivity contribution >= 4 is 17.3 Å². The monoisotopic (exact) mass is 377 g/mol. The van der Waals surface area contributed by atoms with Gasteiger partial charge < -0.3 is 20.1 Å². The Morgan fingerprint density at radius 3 is 2.56 bits per heavy atom. The van der Waals surface area contributed by atoms with E-state index in [1.807, 2.05) is 12.1 Å². The maximum absolute atomic E-state index is 13.3. The van der Waals surface area contributed by atoms with E-state index in [-0.39, 0.29) is 18.1 Å². The number of halogens is 1. The van der Waals surface area contributed by atoms with Gasteiger partial charge in [-0.05, 0) is 36.2 Å². The Kier molecular flexibility index (Phi) is 6.93. The lowest BCUT2D eigenvalue weighted by atomic mass is 10.1. The molecular formula is C18H20FN3O5. The fourth-order valence-corrected chi connectivity index (χ4v) is 2.39. The van der Waals surface area contributed by atoms with Crippen LogP contribution in [0.15, 0.2) is 36.4 Å². The van der Waals surface area contributed by atoms with Gasteiger partial charge in [0.2, 0.25) is 11.7 Å². The molecule has 0 spiro atoms. The van der Waals surface area contributed by atoms with Gasteiger partial charge in [0.25, 0.3) is 0 Å². The van der Waals surface area contributed by atoms with Crippen molar-refractivity contribution in [3.63, 3.8) is 0 Å². The molecule has 2 aromatic carbocycles. The molecule has 0 aliphatic rings. The molecule has 2 N–H and O–H groups in total. The number of ether oxygens (including phenoxy) is 2. The third-order valence-electron chi connectivity index (χ3n) is 3.78. The summed E-state index contributed by atoms with van der Waals surface area (Å²) >= 11 is 0. The van der Waals surface area contributed by atoms with Crippen molar-refractivity contribution in [2.45, 2.75) is 6.42 Å². The summed E-state index contributed by atoms with van der Waals surface area (Å²) in [6.45, 7) is 0.314. The Hall–Kier alpha value is -3.36. The van der Waals surface area contributed by atoms with Gasteiger partial charge in [0.05, 0.1) is 25.7 Å². The first-order chi connectivity index (χ1) is 12.9. The van der Waals surface area contributed by atoms with Crippen molar-refractivity contribution in [2.24, 2.45) is 0 Å².